The van der Waals surface area contributed by atoms with E-state index >= 15 is 0 Å². The molecule has 0 bridgehead atoms. The van der Waals surface area contributed by atoms with Crippen LogP contribution in [0, 0.1) is 0 Å². The van der Waals surface area contributed by atoms with E-state index < -0.39 is 0 Å². The lowest BCUT2D eigenvalue weighted by Crippen LogP contribution is -2.47. The summed E-state index contributed by atoms with van der Waals surface area (Å²) in [4.78, 5) is 16.5. The van der Waals surface area contributed by atoms with E-state index in [0.717, 1.165) is 63.6 Å². The van der Waals surface area contributed by atoms with Crippen molar-refractivity contribution in [2.24, 2.45) is 0 Å². The summed E-state index contributed by atoms with van der Waals surface area (Å²) >= 11 is 0. The zero-order valence-corrected chi connectivity index (χ0v) is 13.9. The van der Waals surface area contributed by atoms with Gasteiger partial charge in [-0.2, -0.15) is 5.10 Å². The van der Waals surface area contributed by atoms with E-state index in [1.165, 1.54) is 16.7 Å². The number of hydrogen-bond donors (Lipinski definition) is 0. The van der Waals surface area contributed by atoms with Gasteiger partial charge in [0.15, 0.2) is 0 Å². The molecule has 0 N–H and O–H groups in total. The number of fused-ring (bicyclic) bond motifs is 1. The smallest absolute Gasteiger partial charge is 0.266 e. The third-order valence-corrected chi connectivity index (χ3v) is 5.03. The van der Waals surface area contributed by atoms with E-state index in [0.29, 0.717) is 6.54 Å². The van der Waals surface area contributed by atoms with Crippen LogP contribution in [0.25, 0.3) is 0 Å². The molecular weight excluding hydrogens is 306 g/mol. The first-order valence-corrected chi connectivity index (χ1v) is 8.73. The Hall–Kier alpha value is -1.99. The third kappa shape index (κ3) is 3.27. The number of nitrogens with zero attached hydrogens (tertiary/aromatic N) is 5. The lowest BCUT2D eigenvalue weighted by molar-refractivity contribution is 0.120. The second-order valence-electron chi connectivity index (χ2n) is 6.59. The second-order valence-corrected chi connectivity index (χ2v) is 6.59. The van der Waals surface area contributed by atoms with Crippen molar-refractivity contribution in [2.75, 3.05) is 32.7 Å². The summed E-state index contributed by atoms with van der Waals surface area (Å²) in [5.41, 5.74) is 2.46. The molecule has 7 heteroatoms. The van der Waals surface area contributed by atoms with E-state index in [1.807, 2.05) is 0 Å². The van der Waals surface area contributed by atoms with Crippen LogP contribution in [0.4, 0.5) is 0 Å². The summed E-state index contributed by atoms with van der Waals surface area (Å²) in [7, 11) is 0. The first kappa shape index (κ1) is 15.5. The molecule has 1 fully saturated rings. The molecule has 3 heterocycles. The van der Waals surface area contributed by atoms with Gasteiger partial charge in [-0.25, -0.2) is 4.68 Å². The zero-order valence-electron chi connectivity index (χ0n) is 13.9. The average molecular weight is 329 g/mol. The van der Waals surface area contributed by atoms with Gasteiger partial charge in [0.25, 0.3) is 5.56 Å². The summed E-state index contributed by atoms with van der Waals surface area (Å²) < 4.78 is 6.97. The van der Waals surface area contributed by atoms with Crippen LogP contribution in [0.1, 0.15) is 23.4 Å². The third-order valence-electron chi connectivity index (χ3n) is 5.03. The van der Waals surface area contributed by atoms with E-state index in [4.69, 9.17) is 4.52 Å². The van der Waals surface area contributed by atoms with Crippen molar-refractivity contribution in [1.29, 1.82) is 0 Å². The van der Waals surface area contributed by atoms with Crippen LogP contribution in [0.5, 0.6) is 0 Å². The minimum Gasteiger partial charge on any atom is -0.361 e. The van der Waals surface area contributed by atoms with Crippen LogP contribution in [0.15, 0.2) is 27.6 Å². The van der Waals surface area contributed by atoms with E-state index in [9.17, 15) is 4.79 Å². The second kappa shape index (κ2) is 6.86. The van der Waals surface area contributed by atoms with Gasteiger partial charge in [0.05, 0.1) is 6.54 Å². The predicted molar refractivity (Wildman–Crippen MR) is 88.7 cm³/mol. The summed E-state index contributed by atoms with van der Waals surface area (Å²) in [6.07, 6.45) is 5.02. The molecule has 2 aliphatic rings. The molecule has 0 spiro atoms. The van der Waals surface area contributed by atoms with Gasteiger partial charge in [-0.1, -0.05) is 5.16 Å². The molecule has 0 unspecified atom stereocenters. The predicted octanol–water partition coefficient (Wildman–Crippen LogP) is 0.538. The molecule has 2 aromatic rings. The first-order chi connectivity index (χ1) is 11.8. The first-order valence-electron chi connectivity index (χ1n) is 8.73. The van der Waals surface area contributed by atoms with Gasteiger partial charge in [0, 0.05) is 63.5 Å². The fraction of sp³-hybridized carbons (Fsp3) is 0.588. The van der Waals surface area contributed by atoms with Crippen molar-refractivity contribution < 1.29 is 4.52 Å². The molecule has 7 nitrogen and oxygen atoms in total. The minimum atomic E-state index is -0.0315. The summed E-state index contributed by atoms with van der Waals surface area (Å²) in [6.45, 7) is 6.49. The summed E-state index contributed by atoms with van der Waals surface area (Å²) in [5, 5.41) is 8.37. The highest BCUT2D eigenvalue weighted by Crippen LogP contribution is 2.25. The molecule has 1 saturated heterocycles. The molecule has 0 atom stereocenters. The molecule has 0 amide bonds. The SMILES string of the molecule is O=c1cccnn1CCN1CCN(Cc2noc3c2CCC3)CC1. The number of aryl methyl sites for hydroxylation is 1. The van der Waals surface area contributed by atoms with E-state index in [1.54, 1.807) is 18.3 Å². The van der Waals surface area contributed by atoms with Gasteiger partial charge >= 0.3 is 0 Å². The van der Waals surface area contributed by atoms with Gasteiger partial charge < -0.3 is 4.52 Å². The minimum absolute atomic E-state index is 0.0315. The highest BCUT2D eigenvalue weighted by Gasteiger charge is 2.24. The van der Waals surface area contributed by atoms with Crippen molar-refractivity contribution in [1.82, 2.24) is 24.7 Å². The van der Waals surface area contributed by atoms with Crippen molar-refractivity contribution in [3.8, 4) is 0 Å². The summed E-state index contributed by atoms with van der Waals surface area (Å²) in [5.74, 6) is 1.10. The monoisotopic (exact) mass is 329 g/mol. The number of piperazine rings is 1. The molecular formula is C17H23N5O2. The van der Waals surface area contributed by atoms with Crippen LogP contribution < -0.4 is 5.56 Å². The molecule has 0 saturated carbocycles. The highest BCUT2D eigenvalue weighted by atomic mass is 16.5. The average Bonchev–Trinajstić information content (AvgIpc) is 3.21. The van der Waals surface area contributed by atoms with Gasteiger partial charge in [-0.15, -0.1) is 0 Å². The lowest BCUT2D eigenvalue weighted by atomic mass is 10.2. The standard InChI is InChI=1S/C17H23N5O2/c23-17-5-2-6-18-22(17)12-11-20-7-9-21(10-8-20)13-15-14-3-1-4-16(14)24-19-15/h2,5-6H,1,3-4,7-13H2. The Labute approximate surface area is 140 Å². The van der Waals surface area contributed by atoms with Crippen LogP contribution in [-0.4, -0.2) is 57.5 Å². The maximum absolute atomic E-state index is 11.7. The van der Waals surface area contributed by atoms with Gasteiger partial charge in [0.1, 0.15) is 11.5 Å². The molecule has 2 aromatic heterocycles. The van der Waals surface area contributed by atoms with Crippen molar-refractivity contribution in [2.45, 2.75) is 32.4 Å². The fourth-order valence-electron chi connectivity index (χ4n) is 3.59. The summed E-state index contributed by atoms with van der Waals surface area (Å²) in [6, 6.07) is 3.24. The Morgan fingerprint density at radius 2 is 1.92 bits per heavy atom. The Kier molecular flexibility index (Phi) is 4.44. The van der Waals surface area contributed by atoms with E-state index in [2.05, 4.69) is 20.1 Å². The highest BCUT2D eigenvalue weighted by molar-refractivity contribution is 5.27. The van der Waals surface area contributed by atoms with Gasteiger partial charge in [-0.3, -0.25) is 14.6 Å². The van der Waals surface area contributed by atoms with Crippen LogP contribution >= 0.6 is 0 Å². The van der Waals surface area contributed by atoms with E-state index in [-0.39, 0.29) is 5.56 Å². The normalized spacial score (nSPS) is 18.8. The topological polar surface area (TPSA) is 67.4 Å². The van der Waals surface area contributed by atoms with Crippen molar-refractivity contribution in [3.05, 3.63) is 45.7 Å². The van der Waals surface area contributed by atoms with Crippen LogP contribution in [0.2, 0.25) is 0 Å². The maximum atomic E-state index is 11.7. The largest absolute Gasteiger partial charge is 0.361 e. The molecule has 24 heavy (non-hydrogen) atoms. The van der Waals surface area contributed by atoms with Crippen LogP contribution in [-0.2, 0) is 25.9 Å². The van der Waals surface area contributed by atoms with Gasteiger partial charge in [-0.05, 0) is 18.9 Å². The van der Waals surface area contributed by atoms with Crippen molar-refractivity contribution in [3.63, 3.8) is 0 Å². The number of hydrogen-bond acceptors (Lipinski definition) is 6. The Bertz CT molecular complexity index is 745. The number of aromatic nitrogens is 3. The van der Waals surface area contributed by atoms with Crippen molar-refractivity contribution >= 4 is 0 Å². The quantitative estimate of drug-likeness (QED) is 0.797. The fourth-order valence-corrected chi connectivity index (χ4v) is 3.59. The Balaban J connectivity index is 1.26. The Morgan fingerprint density at radius 3 is 2.75 bits per heavy atom. The molecule has 4 rings (SSSR count). The molecule has 0 aromatic carbocycles. The molecule has 1 aliphatic carbocycles. The van der Waals surface area contributed by atoms with Crippen LogP contribution in [0.3, 0.4) is 0 Å². The van der Waals surface area contributed by atoms with Gasteiger partial charge in [0.2, 0.25) is 0 Å². The molecule has 128 valence electrons. The number of rotatable bonds is 5. The zero-order chi connectivity index (χ0) is 16.4. The maximum Gasteiger partial charge on any atom is 0.266 e. The Morgan fingerprint density at radius 1 is 1.08 bits per heavy atom. The molecule has 1 aliphatic heterocycles. The molecule has 0 radical (unpaired) electrons. The lowest BCUT2D eigenvalue weighted by Gasteiger charge is -2.34.